The van der Waals surface area contributed by atoms with Crippen LogP contribution in [-0.2, 0) is 0 Å². The van der Waals surface area contributed by atoms with Crippen molar-refractivity contribution < 1.29 is 4.42 Å². The van der Waals surface area contributed by atoms with Crippen molar-refractivity contribution in [3.05, 3.63) is 23.7 Å². The fourth-order valence-electron chi connectivity index (χ4n) is 1.21. The number of hydrogen-bond donors (Lipinski definition) is 1. The first-order valence-electron chi connectivity index (χ1n) is 4.08. The predicted octanol–water partition coefficient (Wildman–Crippen LogP) is 1.15. The molecule has 3 nitrogen and oxygen atoms in total. The summed E-state index contributed by atoms with van der Waals surface area (Å²) >= 11 is 0. The van der Waals surface area contributed by atoms with E-state index in [9.17, 15) is 0 Å². The lowest BCUT2D eigenvalue weighted by Gasteiger charge is -2.19. The Kier molecular flexibility index (Phi) is 2.89. The Balaban J connectivity index is 2.80. The zero-order chi connectivity index (χ0) is 9.14. The van der Waals surface area contributed by atoms with Crippen molar-refractivity contribution in [3.63, 3.8) is 0 Å². The molecule has 0 aliphatic heterocycles. The second kappa shape index (κ2) is 3.74. The first-order valence-corrected chi connectivity index (χ1v) is 4.08. The van der Waals surface area contributed by atoms with Crippen LogP contribution in [0.5, 0.6) is 0 Å². The molecule has 0 spiro atoms. The second-order valence-corrected chi connectivity index (χ2v) is 3.16. The van der Waals surface area contributed by atoms with Crippen LogP contribution in [0.1, 0.15) is 17.6 Å². The Hall–Kier alpha value is -0.800. The Labute approximate surface area is 73.2 Å². The molecule has 0 amide bonds. The van der Waals surface area contributed by atoms with Gasteiger partial charge in [0.25, 0.3) is 0 Å². The third kappa shape index (κ3) is 1.87. The molecule has 0 aliphatic carbocycles. The summed E-state index contributed by atoms with van der Waals surface area (Å²) in [5, 5.41) is 0. The highest BCUT2D eigenvalue weighted by molar-refractivity contribution is 5.09. The molecular formula is C9H16N2O. The largest absolute Gasteiger partial charge is 0.465 e. The van der Waals surface area contributed by atoms with Crippen LogP contribution in [0.2, 0.25) is 0 Å². The summed E-state index contributed by atoms with van der Waals surface area (Å²) in [7, 11) is 3.99. The van der Waals surface area contributed by atoms with Crippen molar-refractivity contribution >= 4 is 0 Å². The smallest absolute Gasteiger partial charge is 0.122 e. The van der Waals surface area contributed by atoms with E-state index in [1.807, 2.05) is 33.2 Å². The second-order valence-electron chi connectivity index (χ2n) is 3.16. The maximum absolute atomic E-state index is 5.61. The van der Waals surface area contributed by atoms with E-state index in [2.05, 4.69) is 4.90 Å². The van der Waals surface area contributed by atoms with Crippen molar-refractivity contribution in [2.24, 2.45) is 5.73 Å². The molecule has 0 fully saturated rings. The van der Waals surface area contributed by atoms with E-state index in [0.29, 0.717) is 6.54 Å². The fraction of sp³-hybridized carbons (Fsp3) is 0.556. The molecule has 0 saturated carbocycles. The van der Waals surface area contributed by atoms with E-state index in [1.54, 1.807) is 0 Å². The average Bonchev–Trinajstić information content (AvgIpc) is 2.37. The minimum atomic E-state index is 0.193. The summed E-state index contributed by atoms with van der Waals surface area (Å²) in [5.41, 5.74) is 5.61. The summed E-state index contributed by atoms with van der Waals surface area (Å²) in [5.74, 6) is 1.88. The Morgan fingerprint density at radius 3 is 2.50 bits per heavy atom. The van der Waals surface area contributed by atoms with Crippen LogP contribution in [-0.4, -0.2) is 25.5 Å². The third-order valence-corrected chi connectivity index (χ3v) is 1.94. The summed E-state index contributed by atoms with van der Waals surface area (Å²) in [6.45, 7) is 2.52. The van der Waals surface area contributed by atoms with Gasteiger partial charge in [0.1, 0.15) is 11.5 Å². The summed E-state index contributed by atoms with van der Waals surface area (Å²) in [6.07, 6.45) is 0. The van der Waals surface area contributed by atoms with Gasteiger partial charge in [-0.05, 0) is 33.2 Å². The van der Waals surface area contributed by atoms with Gasteiger partial charge >= 0.3 is 0 Å². The van der Waals surface area contributed by atoms with E-state index in [4.69, 9.17) is 10.2 Å². The van der Waals surface area contributed by atoms with Gasteiger partial charge in [-0.1, -0.05) is 0 Å². The van der Waals surface area contributed by atoms with E-state index in [0.717, 1.165) is 11.5 Å². The van der Waals surface area contributed by atoms with Crippen LogP contribution in [0.3, 0.4) is 0 Å². The SMILES string of the molecule is Cc1ccc(C(CN)N(C)C)o1. The Morgan fingerprint density at radius 2 is 2.17 bits per heavy atom. The van der Waals surface area contributed by atoms with Crippen molar-refractivity contribution in [2.45, 2.75) is 13.0 Å². The summed E-state index contributed by atoms with van der Waals surface area (Å²) in [6, 6.07) is 4.13. The molecule has 1 rings (SSSR count). The predicted molar refractivity (Wildman–Crippen MR) is 48.9 cm³/mol. The molecular weight excluding hydrogens is 152 g/mol. The van der Waals surface area contributed by atoms with Crippen LogP contribution in [0.4, 0.5) is 0 Å². The summed E-state index contributed by atoms with van der Waals surface area (Å²) in [4.78, 5) is 2.05. The van der Waals surface area contributed by atoms with Crippen LogP contribution < -0.4 is 5.73 Å². The van der Waals surface area contributed by atoms with Crippen molar-refractivity contribution in [3.8, 4) is 0 Å². The molecule has 3 heteroatoms. The molecule has 68 valence electrons. The zero-order valence-electron chi connectivity index (χ0n) is 7.87. The van der Waals surface area contributed by atoms with Crippen LogP contribution >= 0.6 is 0 Å². The Morgan fingerprint density at radius 1 is 1.50 bits per heavy atom. The van der Waals surface area contributed by atoms with Crippen LogP contribution in [0.15, 0.2) is 16.5 Å². The fourth-order valence-corrected chi connectivity index (χ4v) is 1.21. The maximum atomic E-state index is 5.61. The number of rotatable bonds is 3. The molecule has 0 saturated heterocycles. The van der Waals surface area contributed by atoms with Gasteiger partial charge in [-0.25, -0.2) is 0 Å². The number of nitrogens with zero attached hydrogens (tertiary/aromatic N) is 1. The molecule has 1 aromatic heterocycles. The zero-order valence-corrected chi connectivity index (χ0v) is 7.87. The number of likely N-dealkylation sites (N-methyl/N-ethyl adjacent to an activating group) is 1. The molecule has 1 unspecified atom stereocenters. The van der Waals surface area contributed by atoms with Gasteiger partial charge in [0.2, 0.25) is 0 Å². The minimum absolute atomic E-state index is 0.193. The average molecular weight is 168 g/mol. The van der Waals surface area contributed by atoms with Gasteiger partial charge in [0.15, 0.2) is 0 Å². The van der Waals surface area contributed by atoms with E-state index in [-0.39, 0.29) is 6.04 Å². The molecule has 1 heterocycles. The van der Waals surface area contributed by atoms with Crippen LogP contribution in [0.25, 0.3) is 0 Å². The van der Waals surface area contributed by atoms with E-state index >= 15 is 0 Å². The molecule has 1 atom stereocenters. The quantitative estimate of drug-likeness (QED) is 0.736. The van der Waals surface area contributed by atoms with E-state index < -0.39 is 0 Å². The van der Waals surface area contributed by atoms with Crippen molar-refractivity contribution in [1.29, 1.82) is 0 Å². The third-order valence-electron chi connectivity index (χ3n) is 1.94. The monoisotopic (exact) mass is 168 g/mol. The number of nitrogens with two attached hydrogens (primary N) is 1. The maximum Gasteiger partial charge on any atom is 0.122 e. The lowest BCUT2D eigenvalue weighted by molar-refractivity contribution is 0.261. The van der Waals surface area contributed by atoms with Gasteiger partial charge < -0.3 is 10.2 Å². The van der Waals surface area contributed by atoms with Crippen molar-refractivity contribution in [2.75, 3.05) is 20.6 Å². The molecule has 0 bridgehead atoms. The van der Waals surface area contributed by atoms with Crippen molar-refractivity contribution in [1.82, 2.24) is 4.90 Å². The highest BCUT2D eigenvalue weighted by atomic mass is 16.3. The molecule has 0 aliphatic rings. The van der Waals surface area contributed by atoms with E-state index in [1.165, 1.54) is 0 Å². The Bertz CT molecular complexity index is 242. The lowest BCUT2D eigenvalue weighted by atomic mass is 10.2. The normalized spacial score (nSPS) is 13.8. The highest BCUT2D eigenvalue weighted by Gasteiger charge is 2.14. The van der Waals surface area contributed by atoms with Gasteiger partial charge in [-0.2, -0.15) is 0 Å². The first kappa shape index (κ1) is 9.29. The lowest BCUT2D eigenvalue weighted by Crippen LogP contribution is -2.26. The number of aryl methyl sites for hydroxylation is 1. The molecule has 0 radical (unpaired) electrons. The number of hydrogen-bond acceptors (Lipinski definition) is 3. The van der Waals surface area contributed by atoms with Gasteiger partial charge in [-0.15, -0.1) is 0 Å². The first-order chi connectivity index (χ1) is 5.65. The highest BCUT2D eigenvalue weighted by Crippen LogP contribution is 2.18. The topological polar surface area (TPSA) is 42.4 Å². The molecule has 1 aromatic rings. The summed E-state index contributed by atoms with van der Waals surface area (Å²) < 4.78 is 5.48. The molecule has 2 N–H and O–H groups in total. The minimum Gasteiger partial charge on any atom is -0.465 e. The standard InChI is InChI=1S/C9H16N2O/c1-7-4-5-9(12-7)8(6-10)11(2)3/h4-5,8H,6,10H2,1-3H3. The van der Waals surface area contributed by atoms with Crippen LogP contribution in [0, 0.1) is 6.92 Å². The molecule has 0 aromatic carbocycles. The van der Waals surface area contributed by atoms with Gasteiger partial charge in [0, 0.05) is 6.54 Å². The van der Waals surface area contributed by atoms with Gasteiger partial charge in [0.05, 0.1) is 6.04 Å². The van der Waals surface area contributed by atoms with Gasteiger partial charge in [-0.3, -0.25) is 4.90 Å². The molecule has 12 heavy (non-hydrogen) atoms. The number of furan rings is 1.